The zero-order valence-corrected chi connectivity index (χ0v) is 11.6. The number of nitroso groups, excluding NO2 is 1. The van der Waals surface area contributed by atoms with Gasteiger partial charge >= 0.3 is 0 Å². The third-order valence-electron chi connectivity index (χ3n) is 2.98. The van der Waals surface area contributed by atoms with Gasteiger partial charge in [-0.05, 0) is 53.4 Å². The second-order valence-corrected chi connectivity index (χ2v) is 5.61. The molecule has 0 atom stereocenters. The Morgan fingerprint density at radius 2 is 2.18 bits per heavy atom. The number of rotatable bonds is 4. The zero-order valence-electron chi connectivity index (χ0n) is 10.1. The summed E-state index contributed by atoms with van der Waals surface area (Å²) in [7, 11) is 4.20. The van der Waals surface area contributed by atoms with Gasteiger partial charge < -0.3 is 9.80 Å². The van der Waals surface area contributed by atoms with Crippen molar-refractivity contribution in [2.24, 2.45) is 11.1 Å². The van der Waals surface area contributed by atoms with E-state index in [1.165, 1.54) is 0 Å². The number of benzene rings is 1. The van der Waals surface area contributed by atoms with Gasteiger partial charge in [-0.25, -0.2) is 0 Å². The topological polar surface area (TPSA) is 35.9 Å². The van der Waals surface area contributed by atoms with Crippen LogP contribution < -0.4 is 4.90 Å². The van der Waals surface area contributed by atoms with Gasteiger partial charge in [0.1, 0.15) is 5.69 Å². The highest BCUT2D eigenvalue weighted by molar-refractivity contribution is 9.10. The van der Waals surface area contributed by atoms with E-state index in [2.05, 4.69) is 45.0 Å². The van der Waals surface area contributed by atoms with Gasteiger partial charge in [-0.1, -0.05) is 0 Å². The van der Waals surface area contributed by atoms with E-state index >= 15 is 0 Å². The molecule has 1 aliphatic rings. The first kappa shape index (κ1) is 12.5. The van der Waals surface area contributed by atoms with Crippen molar-refractivity contribution in [1.82, 2.24) is 4.90 Å². The molecule has 0 unspecified atom stereocenters. The summed E-state index contributed by atoms with van der Waals surface area (Å²) in [5.74, 6) is 0.743. The van der Waals surface area contributed by atoms with E-state index < -0.39 is 0 Å². The van der Waals surface area contributed by atoms with E-state index in [1.807, 2.05) is 12.1 Å². The van der Waals surface area contributed by atoms with Crippen molar-refractivity contribution in [1.29, 1.82) is 0 Å². The highest BCUT2D eigenvalue weighted by Crippen LogP contribution is 2.32. The van der Waals surface area contributed by atoms with Crippen LogP contribution in [0, 0.1) is 10.8 Å². The molecule has 1 fully saturated rings. The van der Waals surface area contributed by atoms with E-state index in [0.717, 1.165) is 35.7 Å². The molecule has 0 aliphatic carbocycles. The van der Waals surface area contributed by atoms with Crippen molar-refractivity contribution in [3.63, 3.8) is 0 Å². The minimum Gasteiger partial charge on any atom is -0.371 e. The molecule has 1 aliphatic heterocycles. The normalized spacial score (nSPS) is 16.1. The molecule has 0 radical (unpaired) electrons. The maximum absolute atomic E-state index is 10.5. The lowest BCUT2D eigenvalue weighted by Gasteiger charge is -2.42. The molecule has 0 spiro atoms. The minimum absolute atomic E-state index is 0.458. The fourth-order valence-corrected chi connectivity index (χ4v) is 2.62. The predicted molar refractivity (Wildman–Crippen MR) is 73.9 cm³/mol. The van der Waals surface area contributed by atoms with Gasteiger partial charge in [0.15, 0.2) is 0 Å². The lowest BCUT2D eigenvalue weighted by Crippen LogP contribution is -2.50. The summed E-state index contributed by atoms with van der Waals surface area (Å²) < 4.78 is 0.765. The van der Waals surface area contributed by atoms with Crippen LogP contribution in [-0.2, 0) is 0 Å². The van der Waals surface area contributed by atoms with Crippen LogP contribution in [0.2, 0.25) is 0 Å². The summed E-state index contributed by atoms with van der Waals surface area (Å²) in [6, 6.07) is 5.67. The molecule has 4 nitrogen and oxygen atoms in total. The van der Waals surface area contributed by atoms with Crippen LogP contribution >= 0.6 is 15.9 Å². The van der Waals surface area contributed by atoms with Gasteiger partial charge in [0.25, 0.3) is 0 Å². The summed E-state index contributed by atoms with van der Waals surface area (Å²) in [6.07, 6.45) is 0. The molecular formula is C12H16BrN3O. The smallest absolute Gasteiger partial charge is 0.122 e. The first-order valence-corrected chi connectivity index (χ1v) is 6.42. The lowest BCUT2D eigenvalue weighted by molar-refractivity contribution is 0.283. The first-order valence-electron chi connectivity index (χ1n) is 5.62. The summed E-state index contributed by atoms with van der Waals surface area (Å²) in [5.41, 5.74) is 1.61. The molecule has 1 saturated heterocycles. The van der Waals surface area contributed by atoms with E-state index in [-0.39, 0.29) is 0 Å². The average Bonchev–Trinajstić information content (AvgIpc) is 2.22. The predicted octanol–water partition coefficient (Wildman–Crippen LogP) is 2.84. The van der Waals surface area contributed by atoms with Crippen molar-refractivity contribution in [2.75, 3.05) is 38.6 Å². The molecule has 0 bridgehead atoms. The largest absolute Gasteiger partial charge is 0.371 e. The van der Waals surface area contributed by atoms with Crippen molar-refractivity contribution in [2.45, 2.75) is 0 Å². The Bertz CT molecular complexity index is 416. The molecule has 1 heterocycles. The molecule has 0 saturated carbocycles. The monoisotopic (exact) mass is 297 g/mol. The minimum atomic E-state index is 0.458. The lowest BCUT2D eigenvalue weighted by atomic mass is 9.99. The summed E-state index contributed by atoms with van der Waals surface area (Å²) in [6.45, 7) is 3.29. The SMILES string of the molecule is CN(C)CC1CN(c2ccc(N=O)c(Br)c2)C1. The van der Waals surface area contributed by atoms with Crippen LogP contribution in [0.25, 0.3) is 0 Å². The zero-order chi connectivity index (χ0) is 12.4. The van der Waals surface area contributed by atoms with E-state index in [0.29, 0.717) is 5.69 Å². The average molecular weight is 298 g/mol. The standard InChI is InChI=1S/C12H16BrN3O/c1-15(2)6-9-7-16(8-9)10-3-4-12(14-17)11(13)5-10/h3-5,9H,6-8H2,1-2H3. The van der Waals surface area contributed by atoms with Crippen LogP contribution in [-0.4, -0.2) is 38.6 Å². The van der Waals surface area contributed by atoms with Crippen LogP contribution in [0.4, 0.5) is 11.4 Å². The van der Waals surface area contributed by atoms with Gasteiger partial charge in [0.05, 0.1) is 0 Å². The first-order chi connectivity index (χ1) is 8.10. The molecular weight excluding hydrogens is 282 g/mol. The Balaban J connectivity index is 1.97. The quantitative estimate of drug-likeness (QED) is 0.802. The van der Waals surface area contributed by atoms with E-state index in [4.69, 9.17) is 0 Å². The third-order valence-corrected chi connectivity index (χ3v) is 3.61. The number of hydrogen-bond donors (Lipinski definition) is 0. The molecule has 17 heavy (non-hydrogen) atoms. The van der Waals surface area contributed by atoms with Gasteiger partial charge in [-0.2, -0.15) is 0 Å². The number of anilines is 1. The van der Waals surface area contributed by atoms with Crippen molar-refractivity contribution >= 4 is 27.3 Å². The highest BCUT2D eigenvalue weighted by atomic mass is 79.9. The van der Waals surface area contributed by atoms with Gasteiger partial charge in [0, 0.05) is 35.7 Å². The maximum atomic E-state index is 10.5. The molecule has 0 aromatic heterocycles. The molecule has 1 aromatic rings. The third kappa shape index (κ3) is 2.84. The van der Waals surface area contributed by atoms with Crippen molar-refractivity contribution < 1.29 is 0 Å². The molecule has 1 aromatic carbocycles. The molecule has 0 N–H and O–H groups in total. The molecule has 5 heteroatoms. The molecule has 92 valence electrons. The maximum Gasteiger partial charge on any atom is 0.122 e. The Morgan fingerprint density at radius 3 is 2.71 bits per heavy atom. The Labute approximate surface area is 110 Å². The second kappa shape index (κ2) is 5.14. The number of nitrogens with zero attached hydrogens (tertiary/aromatic N) is 3. The van der Waals surface area contributed by atoms with Crippen LogP contribution in [0.1, 0.15) is 0 Å². The fourth-order valence-electron chi connectivity index (χ4n) is 2.18. The van der Waals surface area contributed by atoms with Crippen molar-refractivity contribution in [3.05, 3.63) is 27.6 Å². The van der Waals surface area contributed by atoms with Gasteiger partial charge in [-0.15, -0.1) is 4.91 Å². The Morgan fingerprint density at radius 1 is 1.47 bits per heavy atom. The summed E-state index contributed by atoms with van der Waals surface area (Å²) in [4.78, 5) is 15.0. The number of hydrogen-bond acceptors (Lipinski definition) is 4. The number of halogens is 1. The Kier molecular flexibility index (Phi) is 3.79. The second-order valence-electron chi connectivity index (χ2n) is 4.76. The van der Waals surface area contributed by atoms with Crippen molar-refractivity contribution in [3.8, 4) is 0 Å². The van der Waals surface area contributed by atoms with Gasteiger partial charge in [0.2, 0.25) is 0 Å². The highest BCUT2D eigenvalue weighted by Gasteiger charge is 2.27. The van der Waals surface area contributed by atoms with Crippen LogP contribution in [0.15, 0.2) is 27.8 Å². The Hall–Kier alpha value is -0.940. The molecule has 0 amide bonds. The van der Waals surface area contributed by atoms with Gasteiger partial charge in [-0.3, -0.25) is 0 Å². The van der Waals surface area contributed by atoms with E-state index in [9.17, 15) is 4.91 Å². The molecule has 2 rings (SSSR count). The van der Waals surface area contributed by atoms with E-state index in [1.54, 1.807) is 6.07 Å². The summed E-state index contributed by atoms with van der Waals surface area (Å²) in [5, 5.41) is 2.95. The fraction of sp³-hybridized carbons (Fsp3) is 0.500. The van der Waals surface area contributed by atoms with Crippen LogP contribution in [0.3, 0.4) is 0 Å². The van der Waals surface area contributed by atoms with Crippen LogP contribution in [0.5, 0.6) is 0 Å². The summed E-state index contributed by atoms with van der Waals surface area (Å²) >= 11 is 3.36.